The van der Waals surface area contributed by atoms with Gasteiger partial charge in [0.2, 0.25) is 0 Å². The van der Waals surface area contributed by atoms with Crippen LogP contribution in [0.15, 0.2) is 17.0 Å². The molecule has 0 spiro atoms. The van der Waals surface area contributed by atoms with Crippen molar-refractivity contribution in [3.05, 3.63) is 23.3 Å². The van der Waals surface area contributed by atoms with Crippen molar-refractivity contribution < 1.29 is 9.84 Å². The summed E-state index contributed by atoms with van der Waals surface area (Å²) in [4.78, 5) is 0.197. The van der Waals surface area contributed by atoms with E-state index < -0.39 is 4.93 Å². The number of rotatable bonds is 3. The third-order valence-corrected chi connectivity index (χ3v) is 3.18. The summed E-state index contributed by atoms with van der Waals surface area (Å²) in [5.74, 6) is 0.824. The fourth-order valence-corrected chi connectivity index (χ4v) is 2.29. The van der Waals surface area contributed by atoms with E-state index in [4.69, 9.17) is 4.74 Å². The predicted molar refractivity (Wildman–Crippen MR) is 64.6 cm³/mol. The normalized spacial score (nSPS) is 11.6. The molecule has 0 amide bonds. The molecule has 1 aromatic carbocycles. The van der Waals surface area contributed by atoms with Gasteiger partial charge in [-0.25, -0.2) is 0 Å². The van der Waals surface area contributed by atoms with E-state index in [1.54, 1.807) is 21.0 Å². The molecule has 0 aliphatic carbocycles. The predicted octanol–water partition coefficient (Wildman–Crippen LogP) is 3.13. The molecule has 0 aliphatic heterocycles. The van der Waals surface area contributed by atoms with E-state index >= 15 is 0 Å². The van der Waals surface area contributed by atoms with Gasteiger partial charge < -0.3 is 9.84 Å². The first kappa shape index (κ1) is 12.4. The quantitative estimate of drug-likeness (QED) is 0.634. The van der Waals surface area contributed by atoms with Crippen LogP contribution in [0.25, 0.3) is 0 Å². The molecule has 0 atom stereocenters. The first-order chi connectivity index (χ1) is 6.83. The molecular formula is C12H18O2S. The summed E-state index contributed by atoms with van der Waals surface area (Å²) in [5.41, 5.74) is 2.41. The van der Waals surface area contributed by atoms with E-state index in [2.05, 4.69) is 19.9 Å². The molecule has 0 unspecified atom stereocenters. The van der Waals surface area contributed by atoms with Crippen LogP contribution in [-0.2, 0) is 0 Å². The Bertz CT molecular complexity index is 353. The highest BCUT2D eigenvalue weighted by atomic mass is 32.2. The number of aliphatic hydroxyl groups is 1. The van der Waals surface area contributed by atoms with Gasteiger partial charge in [0.05, 0.1) is 12.0 Å². The van der Waals surface area contributed by atoms with Gasteiger partial charge in [-0.1, -0.05) is 11.8 Å². The first-order valence-electron chi connectivity index (χ1n) is 4.90. The zero-order valence-electron chi connectivity index (χ0n) is 9.92. The van der Waals surface area contributed by atoms with Crippen LogP contribution in [0.3, 0.4) is 0 Å². The van der Waals surface area contributed by atoms with Crippen molar-refractivity contribution in [1.82, 2.24) is 0 Å². The molecule has 0 bridgehead atoms. The molecule has 1 aromatic rings. The summed E-state index contributed by atoms with van der Waals surface area (Å²) in [6.45, 7) is 7.65. The summed E-state index contributed by atoms with van der Waals surface area (Å²) in [6.07, 6.45) is 0. The Labute approximate surface area is 95.7 Å². The topological polar surface area (TPSA) is 29.5 Å². The minimum Gasteiger partial charge on any atom is -0.496 e. The second kappa shape index (κ2) is 4.45. The van der Waals surface area contributed by atoms with Gasteiger partial charge in [0, 0.05) is 0 Å². The van der Waals surface area contributed by atoms with Crippen molar-refractivity contribution in [3.8, 4) is 5.75 Å². The molecule has 0 saturated carbocycles. The molecule has 3 heteroatoms. The molecule has 0 radical (unpaired) electrons. The molecular weight excluding hydrogens is 208 g/mol. The maximum absolute atomic E-state index is 9.76. The number of hydrogen-bond acceptors (Lipinski definition) is 3. The monoisotopic (exact) mass is 226 g/mol. The van der Waals surface area contributed by atoms with Crippen molar-refractivity contribution in [2.75, 3.05) is 7.11 Å². The Balaban J connectivity index is 3.11. The van der Waals surface area contributed by atoms with E-state index in [9.17, 15) is 5.11 Å². The second-order valence-electron chi connectivity index (χ2n) is 4.14. The van der Waals surface area contributed by atoms with Crippen molar-refractivity contribution >= 4 is 11.8 Å². The molecule has 0 aromatic heterocycles. The van der Waals surface area contributed by atoms with Crippen LogP contribution >= 0.6 is 11.8 Å². The van der Waals surface area contributed by atoms with E-state index in [-0.39, 0.29) is 0 Å². The standard InChI is InChI=1S/C12H18O2S/c1-8-6-10(14-5)11(7-9(8)2)15-12(3,4)13/h6-7,13H,1-5H3. The molecule has 0 aliphatic rings. The van der Waals surface area contributed by atoms with Crippen molar-refractivity contribution in [1.29, 1.82) is 0 Å². The van der Waals surface area contributed by atoms with Gasteiger partial charge in [0.1, 0.15) is 10.7 Å². The molecule has 0 fully saturated rings. The van der Waals surface area contributed by atoms with Crippen molar-refractivity contribution in [3.63, 3.8) is 0 Å². The van der Waals surface area contributed by atoms with Gasteiger partial charge in [-0.2, -0.15) is 0 Å². The molecule has 0 saturated heterocycles. The van der Waals surface area contributed by atoms with Crippen LogP contribution in [-0.4, -0.2) is 17.1 Å². The number of ether oxygens (including phenoxy) is 1. The van der Waals surface area contributed by atoms with Gasteiger partial charge >= 0.3 is 0 Å². The molecule has 1 rings (SSSR count). The third-order valence-electron chi connectivity index (χ3n) is 2.14. The lowest BCUT2D eigenvalue weighted by Crippen LogP contribution is -2.12. The van der Waals surface area contributed by atoms with Gasteiger partial charge in [0.25, 0.3) is 0 Å². The lowest BCUT2D eigenvalue weighted by atomic mass is 10.1. The van der Waals surface area contributed by atoms with Crippen LogP contribution in [0.4, 0.5) is 0 Å². The lowest BCUT2D eigenvalue weighted by molar-refractivity contribution is 0.179. The number of benzene rings is 1. The van der Waals surface area contributed by atoms with Crippen LogP contribution in [0.2, 0.25) is 0 Å². The smallest absolute Gasteiger partial charge is 0.132 e. The molecule has 84 valence electrons. The van der Waals surface area contributed by atoms with Gasteiger partial charge in [-0.3, -0.25) is 0 Å². The SMILES string of the molecule is COc1cc(C)c(C)cc1SC(C)(C)O. The second-order valence-corrected chi connectivity index (χ2v) is 5.78. The Morgan fingerprint density at radius 1 is 1.20 bits per heavy atom. The average Bonchev–Trinajstić information content (AvgIpc) is 2.08. The maximum atomic E-state index is 9.76. The summed E-state index contributed by atoms with van der Waals surface area (Å²) in [5, 5.41) is 9.76. The Morgan fingerprint density at radius 2 is 1.73 bits per heavy atom. The van der Waals surface area contributed by atoms with E-state index in [0.29, 0.717) is 0 Å². The zero-order valence-corrected chi connectivity index (χ0v) is 10.7. The highest BCUT2D eigenvalue weighted by Gasteiger charge is 2.17. The minimum absolute atomic E-state index is 0.783. The van der Waals surface area contributed by atoms with Crippen molar-refractivity contribution in [2.24, 2.45) is 0 Å². The molecule has 0 heterocycles. The Kier molecular flexibility index (Phi) is 3.68. The Hall–Kier alpha value is -0.670. The molecule has 1 N–H and O–H groups in total. The zero-order chi connectivity index (χ0) is 11.6. The van der Waals surface area contributed by atoms with Gasteiger partial charge in [-0.15, -0.1) is 0 Å². The van der Waals surface area contributed by atoms with Crippen LogP contribution in [0.5, 0.6) is 5.75 Å². The largest absolute Gasteiger partial charge is 0.496 e. The van der Waals surface area contributed by atoms with Gasteiger partial charge in [0.15, 0.2) is 0 Å². The average molecular weight is 226 g/mol. The fraction of sp³-hybridized carbons (Fsp3) is 0.500. The Morgan fingerprint density at radius 3 is 2.20 bits per heavy atom. The number of aryl methyl sites for hydroxylation is 2. The van der Waals surface area contributed by atoms with Gasteiger partial charge in [-0.05, 0) is 51.0 Å². The van der Waals surface area contributed by atoms with E-state index in [1.165, 1.54) is 22.9 Å². The molecule has 15 heavy (non-hydrogen) atoms. The fourth-order valence-electron chi connectivity index (χ4n) is 1.27. The lowest BCUT2D eigenvalue weighted by Gasteiger charge is -2.19. The molecule has 2 nitrogen and oxygen atoms in total. The maximum Gasteiger partial charge on any atom is 0.132 e. The highest BCUT2D eigenvalue weighted by Crippen LogP contribution is 2.38. The number of methoxy groups -OCH3 is 1. The van der Waals surface area contributed by atoms with Crippen LogP contribution < -0.4 is 4.74 Å². The van der Waals surface area contributed by atoms with E-state index in [1.807, 2.05) is 6.07 Å². The summed E-state index contributed by atoms with van der Waals surface area (Å²) in [6, 6.07) is 4.06. The summed E-state index contributed by atoms with van der Waals surface area (Å²) in [7, 11) is 1.65. The summed E-state index contributed by atoms with van der Waals surface area (Å²) >= 11 is 1.41. The summed E-state index contributed by atoms with van der Waals surface area (Å²) < 4.78 is 5.30. The minimum atomic E-state index is -0.783. The highest BCUT2D eigenvalue weighted by molar-refractivity contribution is 8.00. The van der Waals surface area contributed by atoms with Crippen LogP contribution in [0, 0.1) is 13.8 Å². The number of hydrogen-bond donors (Lipinski definition) is 1. The van der Waals surface area contributed by atoms with Crippen molar-refractivity contribution in [2.45, 2.75) is 37.5 Å². The first-order valence-corrected chi connectivity index (χ1v) is 5.72. The van der Waals surface area contributed by atoms with E-state index in [0.717, 1.165) is 10.6 Å². The third kappa shape index (κ3) is 3.43. The number of thioether (sulfide) groups is 1. The van der Waals surface area contributed by atoms with Crippen LogP contribution in [0.1, 0.15) is 25.0 Å².